The van der Waals surface area contributed by atoms with Gasteiger partial charge in [0.2, 0.25) is 11.7 Å². The first-order valence-electron chi connectivity index (χ1n) is 7.63. The molecular weight excluding hydrogens is 324 g/mol. The Balaban J connectivity index is 1.86. The minimum absolute atomic E-state index is 0.0684. The summed E-state index contributed by atoms with van der Waals surface area (Å²) in [6, 6.07) is 7.92. The summed E-state index contributed by atoms with van der Waals surface area (Å²) in [7, 11) is 0. The zero-order valence-electron chi connectivity index (χ0n) is 14.0. The zero-order valence-corrected chi connectivity index (χ0v) is 14.8. The van der Waals surface area contributed by atoms with Crippen molar-refractivity contribution in [1.82, 2.24) is 15.1 Å². The molecule has 0 atom stereocenters. The molecule has 1 N–H and O–H groups in total. The van der Waals surface area contributed by atoms with Crippen LogP contribution < -0.4 is 5.32 Å². The molecule has 124 valence electrons. The molecule has 0 spiro atoms. The summed E-state index contributed by atoms with van der Waals surface area (Å²) in [6.45, 7) is 7.55. The van der Waals surface area contributed by atoms with Crippen molar-refractivity contribution in [2.75, 3.05) is 5.32 Å². The number of hydrogen-bond acceptors (Lipinski definition) is 6. The Morgan fingerprint density at radius 3 is 2.54 bits per heavy atom. The van der Waals surface area contributed by atoms with E-state index in [0.29, 0.717) is 16.8 Å². The summed E-state index contributed by atoms with van der Waals surface area (Å²) in [5.41, 5.74) is 2.82. The molecule has 0 bridgehead atoms. The van der Waals surface area contributed by atoms with Crippen LogP contribution in [0.15, 0.2) is 28.8 Å². The molecule has 0 saturated carbocycles. The quantitative estimate of drug-likeness (QED) is 0.773. The Kier molecular flexibility index (Phi) is 4.44. The highest BCUT2D eigenvalue weighted by atomic mass is 32.1. The number of nitrogens with one attached hydrogen (secondary N) is 1. The summed E-state index contributed by atoms with van der Waals surface area (Å²) >= 11 is 1.33. The van der Waals surface area contributed by atoms with Crippen molar-refractivity contribution in [3.8, 4) is 22.2 Å². The number of aromatic nitrogens is 3. The second-order valence-electron chi connectivity index (χ2n) is 5.87. The van der Waals surface area contributed by atoms with Gasteiger partial charge in [0.15, 0.2) is 5.13 Å². The summed E-state index contributed by atoms with van der Waals surface area (Å²) in [6.07, 6.45) is 0. The van der Waals surface area contributed by atoms with Gasteiger partial charge in [0.25, 0.3) is 5.89 Å². The molecule has 0 aliphatic rings. The third-order valence-electron chi connectivity index (χ3n) is 3.48. The minimum atomic E-state index is -0.103. The molecule has 3 rings (SSSR count). The first kappa shape index (κ1) is 16.3. The molecule has 2 aromatic heterocycles. The Labute approximate surface area is 143 Å². The largest absolute Gasteiger partial charge is 0.333 e. The van der Waals surface area contributed by atoms with Gasteiger partial charge in [0.1, 0.15) is 4.88 Å². The number of carbonyl (C=O) groups is 1. The van der Waals surface area contributed by atoms with Crippen LogP contribution >= 0.6 is 11.3 Å². The molecule has 3 aromatic rings. The molecule has 1 amide bonds. The van der Waals surface area contributed by atoms with Gasteiger partial charge in [-0.15, -0.1) is 0 Å². The molecule has 6 nitrogen and oxygen atoms in total. The fourth-order valence-corrected chi connectivity index (χ4v) is 2.92. The van der Waals surface area contributed by atoms with Crippen molar-refractivity contribution in [2.45, 2.75) is 27.7 Å². The normalized spacial score (nSPS) is 11.0. The standard InChI is InChI=1S/C17H18N4O2S/c1-9(2)15(22)20-17-18-11(4)13(24-17)16-19-14(21-23-16)12-7-5-10(3)6-8-12/h5-9H,1-4H3,(H,18,20,22). The van der Waals surface area contributed by atoms with Crippen LogP contribution in [-0.2, 0) is 4.79 Å². The van der Waals surface area contributed by atoms with E-state index in [0.717, 1.165) is 16.1 Å². The van der Waals surface area contributed by atoms with Gasteiger partial charge in [-0.2, -0.15) is 4.98 Å². The average Bonchev–Trinajstić information content (AvgIpc) is 3.14. The number of amides is 1. The lowest BCUT2D eigenvalue weighted by molar-refractivity contribution is -0.118. The molecule has 2 heterocycles. The van der Waals surface area contributed by atoms with Crippen LogP contribution in [0.4, 0.5) is 5.13 Å². The van der Waals surface area contributed by atoms with Gasteiger partial charge in [0.05, 0.1) is 5.69 Å². The smallest absolute Gasteiger partial charge is 0.270 e. The Hall–Kier alpha value is -2.54. The third kappa shape index (κ3) is 3.35. The summed E-state index contributed by atoms with van der Waals surface area (Å²) in [5, 5.41) is 7.37. The van der Waals surface area contributed by atoms with Crippen molar-refractivity contribution in [3.05, 3.63) is 35.5 Å². The number of aryl methyl sites for hydroxylation is 2. The van der Waals surface area contributed by atoms with Gasteiger partial charge in [-0.3, -0.25) is 4.79 Å². The van der Waals surface area contributed by atoms with Gasteiger partial charge >= 0.3 is 0 Å². The fourth-order valence-electron chi connectivity index (χ4n) is 2.03. The molecule has 0 saturated heterocycles. The molecule has 24 heavy (non-hydrogen) atoms. The lowest BCUT2D eigenvalue weighted by Gasteiger charge is -2.02. The molecule has 0 aliphatic carbocycles. The van der Waals surface area contributed by atoms with Gasteiger partial charge < -0.3 is 9.84 Å². The maximum atomic E-state index is 11.8. The van der Waals surface area contributed by atoms with E-state index >= 15 is 0 Å². The Morgan fingerprint density at radius 1 is 1.17 bits per heavy atom. The van der Waals surface area contributed by atoms with Crippen LogP contribution in [-0.4, -0.2) is 21.0 Å². The van der Waals surface area contributed by atoms with Crippen LogP contribution in [0.25, 0.3) is 22.2 Å². The number of thiazole rings is 1. The number of hydrogen-bond donors (Lipinski definition) is 1. The highest BCUT2D eigenvalue weighted by molar-refractivity contribution is 7.19. The van der Waals surface area contributed by atoms with Crippen molar-refractivity contribution in [2.24, 2.45) is 5.92 Å². The predicted octanol–water partition coefficient (Wildman–Crippen LogP) is 4.07. The molecule has 0 unspecified atom stereocenters. The highest BCUT2D eigenvalue weighted by Gasteiger charge is 2.18. The van der Waals surface area contributed by atoms with Crippen molar-refractivity contribution in [1.29, 1.82) is 0 Å². The fraction of sp³-hybridized carbons (Fsp3) is 0.294. The number of carbonyl (C=O) groups excluding carboxylic acids is 1. The number of nitrogens with zero attached hydrogens (tertiary/aromatic N) is 3. The van der Waals surface area contributed by atoms with Crippen molar-refractivity contribution in [3.63, 3.8) is 0 Å². The third-order valence-corrected chi connectivity index (χ3v) is 4.54. The monoisotopic (exact) mass is 342 g/mol. The van der Waals surface area contributed by atoms with Gasteiger partial charge in [0, 0.05) is 11.5 Å². The second-order valence-corrected chi connectivity index (χ2v) is 6.87. The molecule has 1 aromatic carbocycles. The Bertz CT molecular complexity index is 865. The first-order chi connectivity index (χ1) is 11.4. The number of anilines is 1. The van der Waals surface area contributed by atoms with Gasteiger partial charge in [-0.25, -0.2) is 4.98 Å². The van der Waals surface area contributed by atoms with E-state index in [1.807, 2.05) is 52.0 Å². The lowest BCUT2D eigenvalue weighted by atomic mass is 10.1. The summed E-state index contributed by atoms with van der Waals surface area (Å²) in [5.74, 6) is 0.770. The number of rotatable bonds is 4. The predicted molar refractivity (Wildman–Crippen MR) is 93.8 cm³/mol. The van der Waals surface area contributed by atoms with Crippen molar-refractivity contribution < 1.29 is 9.32 Å². The first-order valence-corrected chi connectivity index (χ1v) is 8.45. The van der Waals surface area contributed by atoms with Gasteiger partial charge in [-0.1, -0.05) is 60.2 Å². The highest BCUT2D eigenvalue weighted by Crippen LogP contribution is 2.33. The maximum Gasteiger partial charge on any atom is 0.270 e. The lowest BCUT2D eigenvalue weighted by Crippen LogP contribution is -2.17. The van der Waals surface area contributed by atoms with E-state index in [9.17, 15) is 4.79 Å². The van der Waals surface area contributed by atoms with Crippen LogP contribution in [0.3, 0.4) is 0 Å². The van der Waals surface area contributed by atoms with E-state index in [4.69, 9.17) is 4.52 Å². The van der Waals surface area contributed by atoms with Crippen LogP contribution in [0.1, 0.15) is 25.1 Å². The summed E-state index contributed by atoms with van der Waals surface area (Å²) < 4.78 is 5.38. The van der Waals surface area contributed by atoms with Crippen LogP contribution in [0, 0.1) is 19.8 Å². The average molecular weight is 342 g/mol. The van der Waals surface area contributed by atoms with Crippen LogP contribution in [0.2, 0.25) is 0 Å². The topological polar surface area (TPSA) is 80.9 Å². The number of benzene rings is 1. The SMILES string of the molecule is Cc1ccc(-c2noc(-c3sc(NC(=O)C(C)C)nc3C)n2)cc1. The molecule has 0 radical (unpaired) electrons. The Morgan fingerprint density at radius 2 is 1.88 bits per heavy atom. The molecule has 0 aliphatic heterocycles. The van der Waals surface area contributed by atoms with E-state index in [2.05, 4.69) is 20.4 Å². The molecular formula is C17H18N4O2S. The van der Waals surface area contributed by atoms with E-state index in [-0.39, 0.29) is 11.8 Å². The van der Waals surface area contributed by atoms with E-state index in [1.54, 1.807) is 0 Å². The molecule has 0 fully saturated rings. The zero-order chi connectivity index (χ0) is 17.3. The summed E-state index contributed by atoms with van der Waals surface area (Å²) in [4.78, 5) is 21.4. The van der Waals surface area contributed by atoms with E-state index in [1.165, 1.54) is 16.9 Å². The van der Waals surface area contributed by atoms with Gasteiger partial charge in [-0.05, 0) is 13.8 Å². The maximum absolute atomic E-state index is 11.8. The van der Waals surface area contributed by atoms with Crippen molar-refractivity contribution >= 4 is 22.4 Å². The second kappa shape index (κ2) is 6.52. The molecule has 7 heteroatoms. The minimum Gasteiger partial charge on any atom is -0.333 e. The van der Waals surface area contributed by atoms with E-state index < -0.39 is 0 Å². The van der Waals surface area contributed by atoms with Crippen LogP contribution in [0.5, 0.6) is 0 Å².